The number of carbonyl (C=O) groups excluding carboxylic acids is 1. The highest BCUT2D eigenvalue weighted by atomic mass is 16.4. The van der Waals surface area contributed by atoms with Gasteiger partial charge >= 0.3 is 0 Å². The van der Waals surface area contributed by atoms with Crippen LogP contribution in [-0.4, -0.2) is 69.9 Å². The molecule has 0 saturated carbocycles. The lowest BCUT2D eigenvalue weighted by atomic mass is 9.95. The van der Waals surface area contributed by atoms with Crippen LogP contribution in [0.25, 0.3) is 11.5 Å². The summed E-state index contributed by atoms with van der Waals surface area (Å²) in [6.45, 7) is 9.74. The Morgan fingerprint density at radius 2 is 1.69 bits per heavy atom. The van der Waals surface area contributed by atoms with Gasteiger partial charge in [-0.15, -0.1) is 0 Å². The van der Waals surface area contributed by atoms with Gasteiger partial charge in [-0.1, -0.05) is 19.1 Å². The van der Waals surface area contributed by atoms with Gasteiger partial charge < -0.3 is 14.2 Å². The van der Waals surface area contributed by atoms with Crippen LogP contribution >= 0.6 is 0 Å². The van der Waals surface area contributed by atoms with E-state index in [2.05, 4.69) is 51.0 Å². The van der Waals surface area contributed by atoms with Crippen LogP contribution in [0, 0.1) is 12.8 Å². The molecule has 0 radical (unpaired) electrons. The number of hydrogen-bond donors (Lipinski definition) is 0. The van der Waals surface area contributed by atoms with Crippen molar-refractivity contribution in [3.8, 4) is 11.5 Å². The molecule has 0 N–H and O–H groups in total. The Kier molecular flexibility index (Phi) is 7.08. The Labute approximate surface area is 207 Å². The molecular formula is C27H34N6O2. The molecule has 2 fully saturated rings. The van der Waals surface area contributed by atoms with Gasteiger partial charge in [-0.05, 0) is 63.0 Å². The van der Waals surface area contributed by atoms with E-state index in [9.17, 15) is 4.79 Å². The highest BCUT2D eigenvalue weighted by Gasteiger charge is 2.31. The Balaban J connectivity index is 1.11. The molecular weight excluding hydrogens is 440 g/mol. The number of aromatic nitrogens is 3. The summed E-state index contributed by atoms with van der Waals surface area (Å²) in [6.07, 6.45) is 6.33. The first-order valence-corrected chi connectivity index (χ1v) is 12.7. The number of piperidine rings is 1. The number of oxazole rings is 1. The van der Waals surface area contributed by atoms with E-state index in [0.717, 1.165) is 88.0 Å². The average molecular weight is 475 g/mol. The van der Waals surface area contributed by atoms with Gasteiger partial charge in [0, 0.05) is 56.6 Å². The van der Waals surface area contributed by atoms with Gasteiger partial charge in [0.2, 0.25) is 17.7 Å². The summed E-state index contributed by atoms with van der Waals surface area (Å²) in [5, 5.41) is 0. The molecule has 0 spiro atoms. The fourth-order valence-corrected chi connectivity index (χ4v) is 4.97. The zero-order chi connectivity index (χ0) is 24.2. The number of rotatable bonds is 6. The first kappa shape index (κ1) is 23.5. The number of carbonyl (C=O) groups is 1. The molecule has 5 rings (SSSR count). The lowest BCUT2D eigenvalue weighted by molar-refractivity contribution is -0.137. The van der Waals surface area contributed by atoms with Crippen molar-refractivity contribution in [2.75, 3.05) is 44.2 Å². The molecule has 8 nitrogen and oxygen atoms in total. The van der Waals surface area contributed by atoms with Crippen LogP contribution in [0.5, 0.6) is 0 Å². The van der Waals surface area contributed by atoms with Crippen molar-refractivity contribution in [1.29, 1.82) is 0 Å². The molecule has 184 valence electrons. The SMILES string of the molecule is CCc1ccc(-c2nc(CN3CCC(C(=O)N4CCN(c5ncccn5)CC4)CC3)c(C)o2)cc1. The zero-order valence-corrected chi connectivity index (χ0v) is 20.7. The van der Waals surface area contributed by atoms with Gasteiger partial charge in [-0.3, -0.25) is 9.69 Å². The van der Waals surface area contributed by atoms with Crippen LogP contribution in [0.1, 0.15) is 36.8 Å². The maximum absolute atomic E-state index is 13.2. The third-order valence-electron chi connectivity index (χ3n) is 7.24. The third-order valence-corrected chi connectivity index (χ3v) is 7.24. The highest BCUT2D eigenvalue weighted by molar-refractivity contribution is 5.79. The molecule has 2 aliphatic rings. The van der Waals surface area contributed by atoms with Crippen molar-refractivity contribution in [3.05, 3.63) is 59.7 Å². The topological polar surface area (TPSA) is 78.6 Å². The standard InChI is InChI=1S/C27H34N6O2/c1-3-21-5-7-22(8-6-21)25-30-24(20(2)35-25)19-31-13-9-23(10-14-31)26(34)32-15-17-33(18-16-32)27-28-11-4-12-29-27/h4-8,11-12,23H,3,9-10,13-19H2,1-2H3. The predicted octanol–water partition coefficient (Wildman–Crippen LogP) is 3.56. The molecule has 0 unspecified atom stereocenters. The minimum Gasteiger partial charge on any atom is -0.441 e. The minimum absolute atomic E-state index is 0.108. The largest absolute Gasteiger partial charge is 0.441 e. The Morgan fingerprint density at radius 1 is 1.00 bits per heavy atom. The van der Waals surface area contributed by atoms with Gasteiger partial charge in [-0.25, -0.2) is 15.0 Å². The second-order valence-electron chi connectivity index (χ2n) is 9.48. The van der Waals surface area contributed by atoms with Crippen molar-refractivity contribution in [1.82, 2.24) is 24.8 Å². The summed E-state index contributed by atoms with van der Waals surface area (Å²) >= 11 is 0. The molecule has 2 aliphatic heterocycles. The third kappa shape index (κ3) is 5.37. The molecule has 2 saturated heterocycles. The molecule has 35 heavy (non-hydrogen) atoms. The molecule has 0 bridgehead atoms. The molecule has 4 heterocycles. The quantitative estimate of drug-likeness (QED) is 0.540. The summed E-state index contributed by atoms with van der Waals surface area (Å²) in [5.74, 6) is 2.71. The van der Waals surface area contributed by atoms with Crippen LogP contribution in [0.4, 0.5) is 5.95 Å². The maximum atomic E-state index is 13.2. The monoisotopic (exact) mass is 474 g/mol. The smallest absolute Gasteiger partial charge is 0.226 e. The number of aryl methyl sites for hydroxylation is 2. The van der Waals surface area contributed by atoms with Crippen molar-refractivity contribution < 1.29 is 9.21 Å². The maximum Gasteiger partial charge on any atom is 0.226 e. The molecule has 1 amide bonds. The fourth-order valence-electron chi connectivity index (χ4n) is 4.97. The average Bonchev–Trinajstić information content (AvgIpc) is 3.29. The van der Waals surface area contributed by atoms with E-state index in [1.54, 1.807) is 12.4 Å². The van der Waals surface area contributed by atoms with E-state index < -0.39 is 0 Å². The van der Waals surface area contributed by atoms with E-state index in [1.165, 1.54) is 5.56 Å². The van der Waals surface area contributed by atoms with Crippen LogP contribution < -0.4 is 4.90 Å². The van der Waals surface area contributed by atoms with E-state index in [1.807, 2.05) is 17.9 Å². The number of amides is 1. The number of anilines is 1. The molecule has 1 aromatic carbocycles. The summed E-state index contributed by atoms with van der Waals surface area (Å²) in [6, 6.07) is 10.2. The minimum atomic E-state index is 0.108. The Morgan fingerprint density at radius 3 is 2.34 bits per heavy atom. The molecule has 0 aliphatic carbocycles. The van der Waals surface area contributed by atoms with Crippen LogP contribution in [0.15, 0.2) is 47.1 Å². The van der Waals surface area contributed by atoms with Crippen molar-refractivity contribution in [2.45, 2.75) is 39.7 Å². The van der Waals surface area contributed by atoms with Crippen molar-refractivity contribution in [3.63, 3.8) is 0 Å². The van der Waals surface area contributed by atoms with Crippen LogP contribution in [0.3, 0.4) is 0 Å². The first-order valence-electron chi connectivity index (χ1n) is 12.7. The first-order chi connectivity index (χ1) is 17.1. The fraction of sp³-hybridized carbons (Fsp3) is 0.481. The van der Waals surface area contributed by atoms with Crippen molar-refractivity contribution in [2.24, 2.45) is 5.92 Å². The number of benzene rings is 1. The van der Waals surface area contributed by atoms with Crippen LogP contribution in [-0.2, 0) is 17.8 Å². The number of nitrogens with zero attached hydrogens (tertiary/aromatic N) is 6. The second-order valence-corrected chi connectivity index (χ2v) is 9.48. The summed E-state index contributed by atoms with van der Waals surface area (Å²) in [7, 11) is 0. The molecule has 2 aromatic heterocycles. The van der Waals surface area contributed by atoms with E-state index in [0.29, 0.717) is 11.8 Å². The molecule has 8 heteroatoms. The highest BCUT2D eigenvalue weighted by Crippen LogP contribution is 2.26. The van der Waals surface area contributed by atoms with E-state index >= 15 is 0 Å². The number of hydrogen-bond acceptors (Lipinski definition) is 7. The zero-order valence-electron chi connectivity index (χ0n) is 20.7. The summed E-state index contributed by atoms with van der Waals surface area (Å²) in [5.41, 5.74) is 3.31. The van der Waals surface area contributed by atoms with Gasteiger partial charge in [0.15, 0.2) is 0 Å². The summed E-state index contributed by atoms with van der Waals surface area (Å²) < 4.78 is 5.98. The molecule has 3 aromatic rings. The van der Waals surface area contributed by atoms with Gasteiger partial charge in [0.1, 0.15) is 5.76 Å². The van der Waals surface area contributed by atoms with Gasteiger partial charge in [0.25, 0.3) is 0 Å². The normalized spacial score (nSPS) is 17.7. The number of likely N-dealkylation sites (tertiary alicyclic amines) is 1. The summed E-state index contributed by atoms with van der Waals surface area (Å²) in [4.78, 5) is 33.2. The number of piperazine rings is 1. The van der Waals surface area contributed by atoms with Gasteiger partial charge in [-0.2, -0.15) is 0 Å². The molecule has 0 atom stereocenters. The Bertz CT molecular complexity index is 1110. The van der Waals surface area contributed by atoms with E-state index in [-0.39, 0.29) is 5.92 Å². The lowest BCUT2D eigenvalue weighted by Crippen LogP contribution is -2.52. The van der Waals surface area contributed by atoms with Gasteiger partial charge in [0.05, 0.1) is 5.69 Å². The second kappa shape index (κ2) is 10.6. The Hall–Kier alpha value is -3.26. The predicted molar refractivity (Wildman–Crippen MR) is 135 cm³/mol. The van der Waals surface area contributed by atoms with Crippen molar-refractivity contribution >= 4 is 11.9 Å². The lowest BCUT2D eigenvalue weighted by Gasteiger charge is -2.38. The van der Waals surface area contributed by atoms with E-state index in [4.69, 9.17) is 9.40 Å². The van der Waals surface area contributed by atoms with Crippen LogP contribution in [0.2, 0.25) is 0 Å².